The molecule has 2 aromatic carbocycles. The van der Waals surface area contributed by atoms with Gasteiger partial charge in [-0.3, -0.25) is 4.79 Å². The summed E-state index contributed by atoms with van der Waals surface area (Å²) in [5.74, 6) is 0.165. The third kappa shape index (κ3) is 6.26. The van der Waals surface area contributed by atoms with E-state index >= 15 is 0 Å². The fourth-order valence-corrected chi connectivity index (χ4v) is 3.31. The van der Waals surface area contributed by atoms with E-state index in [-0.39, 0.29) is 6.42 Å². The molecule has 2 N–H and O–H groups in total. The van der Waals surface area contributed by atoms with Crippen LogP contribution in [0.1, 0.15) is 36.0 Å². The standard InChI is InChI=1S/C23H27NO3/c25-23(26)11-12-24-17-19-14-20-9-10-22(16-21(20)15-19)27-13-5-4-8-18-6-2-1-3-7-18/h1-3,6-7,9-10,14,16,24H,4-5,8,11-13,15,17H2,(H,25,26). The van der Waals surface area contributed by atoms with E-state index in [1.54, 1.807) is 0 Å². The van der Waals surface area contributed by atoms with Gasteiger partial charge in [0.15, 0.2) is 0 Å². The number of unbranched alkanes of at least 4 members (excludes halogenated alkanes) is 1. The van der Waals surface area contributed by atoms with Gasteiger partial charge in [-0.25, -0.2) is 0 Å². The lowest BCUT2D eigenvalue weighted by molar-refractivity contribution is -0.136. The summed E-state index contributed by atoms with van der Waals surface area (Å²) in [6.07, 6.45) is 6.51. The molecule has 4 heteroatoms. The van der Waals surface area contributed by atoms with Gasteiger partial charge in [0.25, 0.3) is 0 Å². The molecular weight excluding hydrogens is 338 g/mol. The van der Waals surface area contributed by atoms with Crippen molar-refractivity contribution in [1.82, 2.24) is 5.32 Å². The Balaban J connectivity index is 1.37. The molecule has 1 aliphatic carbocycles. The highest BCUT2D eigenvalue weighted by molar-refractivity contribution is 5.67. The third-order valence-electron chi connectivity index (χ3n) is 4.73. The monoisotopic (exact) mass is 365 g/mol. The summed E-state index contributed by atoms with van der Waals surface area (Å²) in [5.41, 5.74) is 5.19. The Morgan fingerprint density at radius 1 is 1.11 bits per heavy atom. The second-order valence-electron chi connectivity index (χ2n) is 6.95. The number of hydrogen-bond acceptors (Lipinski definition) is 3. The van der Waals surface area contributed by atoms with Crippen molar-refractivity contribution in [3.8, 4) is 5.75 Å². The largest absolute Gasteiger partial charge is 0.494 e. The molecule has 0 atom stereocenters. The molecule has 1 aliphatic rings. The summed E-state index contributed by atoms with van der Waals surface area (Å²) >= 11 is 0. The minimum absolute atomic E-state index is 0.155. The van der Waals surface area contributed by atoms with E-state index in [0.717, 1.165) is 44.6 Å². The number of benzene rings is 2. The lowest BCUT2D eigenvalue weighted by atomic mass is 10.1. The molecule has 0 aromatic heterocycles. The highest BCUT2D eigenvalue weighted by atomic mass is 16.5. The van der Waals surface area contributed by atoms with E-state index < -0.39 is 5.97 Å². The molecule has 2 aromatic rings. The molecule has 0 aliphatic heterocycles. The van der Waals surface area contributed by atoms with E-state index in [0.29, 0.717) is 6.54 Å². The highest BCUT2D eigenvalue weighted by Gasteiger charge is 2.13. The minimum atomic E-state index is -0.767. The topological polar surface area (TPSA) is 58.6 Å². The summed E-state index contributed by atoms with van der Waals surface area (Å²) in [6, 6.07) is 16.8. The SMILES string of the molecule is O=C(O)CCNCC1=Cc2ccc(OCCCCc3ccccc3)cc2C1. The van der Waals surface area contributed by atoms with Crippen LogP contribution in [0.4, 0.5) is 0 Å². The number of carbonyl (C=O) groups is 1. The molecule has 0 unspecified atom stereocenters. The lowest BCUT2D eigenvalue weighted by Gasteiger charge is -2.08. The third-order valence-corrected chi connectivity index (χ3v) is 4.73. The lowest BCUT2D eigenvalue weighted by Crippen LogP contribution is -2.20. The van der Waals surface area contributed by atoms with Crippen LogP contribution in [0.15, 0.2) is 54.1 Å². The normalized spacial score (nSPS) is 12.5. The second-order valence-corrected chi connectivity index (χ2v) is 6.95. The number of nitrogens with one attached hydrogen (secondary N) is 1. The van der Waals surface area contributed by atoms with Crippen LogP contribution < -0.4 is 10.1 Å². The van der Waals surface area contributed by atoms with E-state index in [9.17, 15) is 4.79 Å². The Morgan fingerprint density at radius 2 is 1.96 bits per heavy atom. The quantitative estimate of drug-likeness (QED) is 0.589. The van der Waals surface area contributed by atoms with Crippen molar-refractivity contribution < 1.29 is 14.6 Å². The molecule has 0 spiro atoms. The predicted molar refractivity (Wildman–Crippen MR) is 108 cm³/mol. The van der Waals surface area contributed by atoms with Crippen LogP contribution in [0.25, 0.3) is 6.08 Å². The van der Waals surface area contributed by atoms with Crippen LogP contribution in [0, 0.1) is 0 Å². The summed E-state index contributed by atoms with van der Waals surface area (Å²) in [6.45, 7) is 1.97. The van der Waals surface area contributed by atoms with Gasteiger partial charge >= 0.3 is 5.97 Å². The maximum absolute atomic E-state index is 10.5. The van der Waals surface area contributed by atoms with Gasteiger partial charge in [0, 0.05) is 13.1 Å². The smallest absolute Gasteiger partial charge is 0.304 e. The second kappa shape index (κ2) is 9.93. The summed E-state index contributed by atoms with van der Waals surface area (Å²) < 4.78 is 5.93. The maximum atomic E-state index is 10.5. The zero-order valence-electron chi connectivity index (χ0n) is 15.6. The first-order chi connectivity index (χ1) is 13.2. The molecule has 4 nitrogen and oxygen atoms in total. The van der Waals surface area contributed by atoms with Gasteiger partial charge in [-0.15, -0.1) is 0 Å². The Bertz CT molecular complexity index is 783. The Hall–Kier alpha value is -2.59. The van der Waals surface area contributed by atoms with Crippen molar-refractivity contribution >= 4 is 12.0 Å². The number of aliphatic carboxylic acids is 1. The average Bonchev–Trinajstić information content (AvgIpc) is 3.08. The molecule has 3 rings (SSSR count). The molecule has 0 heterocycles. The van der Waals surface area contributed by atoms with Gasteiger partial charge in [-0.1, -0.05) is 48.0 Å². The number of ether oxygens (including phenoxy) is 1. The van der Waals surface area contributed by atoms with Gasteiger partial charge in [0.05, 0.1) is 13.0 Å². The van der Waals surface area contributed by atoms with Crippen LogP contribution in [0.5, 0.6) is 5.75 Å². The van der Waals surface area contributed by atoms with E-state index in [1.807, 2.05) is 12.1 Å². The first-order valence-corrected chi connectivity index (χ1v) is 9.62. The molecule has 27 heavy (non-hydrogen) atoms. The van der Waals surface area contributed by atoms with Gasteiger partial charge in [-0.05, 0) is 54.5 Å². The number of aryl methyl sites for hydroxylation is 1. The number of hydrogen-bond donors (Lipinski definition) is 2. The Labute approximate surface area is 160 Å². The van der Waals surface area contributed by atoms with Crippen molar-refractivity contribution in [2.75, 3.05) is 19.7 Å². The van der Waals surface area contributed by atoms with Crippen molar-refractivity contribution in [2.24, 2.45) is 0 Å². The van der Waals surface area contributed by atoms with Gasteiger partial charge in [-0.2, -0.15) is 0 Å². The van der Waals surface area contributed by atoms with E-state index in [4.69, 9.17) is 9.84 Å². The Kier molecular flexibility index (Phi) is 7.05. The maximum Gasteiger partial charge on any atom is 0.304 e. The van der Waals surface area contributed by atoms with Gasteiger partial charge < -0.3 is 15.2 Å². The molecule has 0 radical (unpaired) electrons. The van der Waals surface area contributed by atoms with Crippen molar-refractivity contribution in [3.05, 3.63) is 70.8 Å². The summed E-state index contributed by atoms with van der Waals surface area (Å²) in [7, 11) is 0. The molecule has 0 fully saturated rings. The van der Waals surface area contributed by atoms with Crippen LogP contribution in [0.2, 0.25) is 0 Å². The number of fused-ring (bicyclic) bond motifs is 1. The highest BCUT2D eigenvalue weighted by Crippen LogP contribution is 2.28. The Morgan fingerprint density at radius 3 is 2.78 bits per heavy atom. The van der Waals surface area contributed by atoms with E-state index in [1.165, 1.54) is 22.3 Å². The van der Waals surface area contributed by atoms with Crippen LogP contribution >= 0.6 is 0 Å². The number of carboxylic acid groups (broad SMARTS) is 1. The van der Waals surface area contributed by atoms with E-state index in [2.05, 4.69) is 47.8 Å². The summed E-state index contributed by atoms with van der Waals surface area (Å²) in [4.78, 5) is 10.5. The van der Waals surface area contributed by atoms with Gasteiger partial charge in [0.1, 0.15) is 5.75 Å². The molecular formula is C23H27NO3. The fourth-order valence-electron chi connectivity index (χ4n) is 3.31. The predicted octanol–water partition coefficient (Wildman–Crippen LogP) is 4.09. The van der Waals surface area contributed by atoms with Gasteiger partial charge in [0.2, 0.25) is 0 Å². The van der Waals surface area contributed by atoms with Crippen molar-refractivity contribution in [3.63, 3.8) is 0 Å². The number of carboxylic acids is 1. The average molecular weight is 365 g/mol. The van der Waals surface area contributed by atoms with Crippen LogP contribution in [-0.4, -0.2) is 30.8 Å². The molecule has 0 amide bonds. The number of rotatable bonds is 11. The molecule has 142 valence electrons. The van der Waals surface area contributed by atoms with Crippen LogP contribution in [0.3, 0.4) is 0 Å². The zero-order valence-corrected chi connectivity index (χ0v) is 15.6. The minimum Gasteiger partial charge on any atom is -0.494 e. The van der Waals surface area contributed by atoms with Crippen LogP contribution in [-0.2, 0) is 17.6 Å². The molecule has 0 saturated heterocycles. The van der Waals surface area contributed by atoms with Crippen molar-refractivity contribution in [2.45, 2.75) is 32.1 Å². The summed E-state index contributed by atoms with van der Waals surface area (Å²) in [5, 5.41) is 11.9. The zero-order chi connectivity index (χ0) is 18.9. The first-order valence-electron chi connectivity index (χ1n) is 9.62. The molecule has 0 bridgehead atoms. The van der Waals surface area contributed by atoms with Crippen molar-refractivity contribution in [1.29, 1.82) is 0 Å². The molecule has 0 saturated carbocycles. The first kappa shape index (κ1) is 19.2. The fraction of sp³-hybridized carbons (Fsp3) is 0.348.